The summed E-state index contributed by atoms with van der Waals surface area (Å²) in [5.41, 5.74) is 1.03. The van der Waals surface area contributed by atoms with Crippen LogP contribution in [0.3, 0.4) is 0 Å². The maximum atomic E-state index is 12.9. The Balaban J connectivity index is 2.06. The highest BCUT2D eigenvalue weighted by atomic mass is 16.5. The SMILES string of the molecule is CCCC(=O)C(c1ccccc1)C1C(=O)Oc2ccccc2C1=O. The second-order valence-electron chi connectivity index (χ2n) is 5.86. The van der Waals surface area contributed by atoms with E-state index in [9.17, 15) is 14.4 Å². The lowest BCUT2D eigenvalue weighted by molar-refractivity contribution is -0.141. The molecular formula is C20H18O4. The van der Waals surface area contributed by atoms with Crippen LogP contribution in [0.25, 0.3) is 0 Å². The van der Waals surface area contributed by atoms with Gasteiger partial charge in [-0.15, -0.1) is 0 Å². The van der Waals surface area contributed by atoms with E-state index in [-0.39, 0.29) is 17.3 Å². The minimum Gasteiger partial charge on any atom is -0.425 e. The molecule has 0 aliphatic carbocycles. The van der Waals surface area contributed by atoms with Crippen molar-refractivity contribution in [3.8, 4) is 5.75 Å². The Hall–Kier alpha value is -2.75. The molecule has 1 aliphatic heterocycles. The van der Waals surface area contributed by atoms with Crippen LogP contribution in [0.4, 0.5) is 0 Å². The second-order valence-corrected chi connectivity index (χ2v) is 5.86. The van der Waals surface area contributed by atoms with Crippen LogP contribution in [0.2, 0.25) is 0 Å². The highest BCUT2D eigenvalue weighted by molar-refractivity contribution is 6.16. The minimum atomic E-state index is -1.12. The Morgan fingerprint density at radius 2 is 1.71 bits per heavy atom. The Morgan fingerprint density at radius 3 is 2.42 bits per heavy atom. The molecule has 0 fully saturated rings. The summed E-state index contributed by atoms with van der Waals surface area (Å²) in [5.74, 6) is -2.78. The molecule has 2 aromatic carbocycles. The Bertz CT molecular complexity index is 779. The monoisotopic (exact) mass is 322 g/mol. The van der Waals surface area contributed by atoms with E-state index in [1.807, 2.05) is 13.0 Å². The lowest BCUT2D eigenvalue weighted by atomic mass is 9.76. The summed E-state index contributed by atoms with van der Waals surface area (Å²) in [6, 6.07) is 15.6. The number of fused-ring (bicyclic) bond motifs is 1. The first-order valence-corrected chi connectivity index (χ1v) is 8.06. The summed E-state index contributed by atoms with van der Waals surface area (Å²) in [7, 11) is 0. The Morgan fingerprint density at radius 1 is 1.04 bits per heavy atom. The van der Waals surface area contributed by atoms with Crippen LogP contribution in [0.15, 0.2) is 54.6 Å². The fourth-order valence-corrected chi connectivity index (χ4v) is 3.12. The van der Waals surface area contributed by atoms with Gasteiger partial charge in [-0.25, -0.2) is 0 Å². The van der Waals surface area contributed by atoms with Gasteiger partial charge in [0.05, 0.1) is 11.5 Å². The van der Waals surface area contributed by atoms with Crippen molar-refractivity contribution < 1.29 is 19.1 Å². The molecule has 0 saturated heterocycles. The second kappa shape index (κ2) is 6.79. The maximum Gasteiger partial charge on any atom is 0.323 e. The summed E-state index contributed by atoms with van der Waals surface area (Å²) in [6.07, 6.45) is 0.979. The number of rotatable bonds is 5. The number of carbonyl (C=O) groups excluding carboxylic acids is 3. The highest BCUT2D eigenvalue weighted by Gasteiger charge is 2.44. The molecule has 0 saturated carbocycles. The predicted octanol–water partition coefficient (Wildman–Crippen LogP) is 3.56. The first kappa shape index (κ1) is 16.1. The molecule has 1 heterocycles. The van der Waals surface area contributed by atoms with E-state index in [0.717, 1.165) is 0 Å². The molecule has 1 aliphatic rings. The van der Waals surface area contributed by atoms with Gasteiger partial charge in [0.2, 0.25) is 0 Å². The molecule has 0 amide bonds. The molecule has 4 nitrogen and oxygen atoms in total. The van der Waals surface area contributed by atoms with Crippen LogP contribution in [0, 0.1) is 5.92 Å². The number of hydrogen-bond donors (Lipinski definition) is 0. The maximum absolute atomic E-state index is 12.9. The first-order valence-electron chi connectivity index (χ1n) is 8.06. The number of benzene rings is 2. The molecule has 122 valence electrons. The third-order valence-electron chi connectivity index (χ3n) is 4.23. The summed E-state index contributed by atoms with van der Waals surface area (Å²) in [5, 5.41) is 0. The van der Waals surface area contributed by atoms with Crippen molar-refractivity contribution in [2.45, 2.75) is 25.7 Å². The number of Topliss-reactive ketones (excluding diaryl/α,β-unsaturated/α-hetero) is 2. The van der Waals surface area contributed by atoms with Crippen LogP contribution in [-0.4, -0.2) is 17.5 Å². The van der Waals surface area contributed by atoms with Crippen LogP contribution in [0.1, 0.15) is 41.6 Å². The van der Waals surface area contributed by atoms with Crippen LogP contribution < -0.4 is 4.74 Å². The van der Waals surface area contributed by atoms with Gasteiger partial charge in [-0.05, 0) is 24.1 Å². The standard InChI is InChI=1S/C20H18O4/c1-2-8-15(21)17(13-9-4-3-5-10-13)18-19(22)14-11-6-7-12-16(14)24-20(18)23/h3-7,9-12,17-18H,2,8H2,1H3. The number of ketones is 2. The smallest absolute Gasteiger partial charge is 0.323 e. The Kier molecular flexibility index (Phi) is 4.56. The van der Waals surface area contributed by atoms with E-state index in [0.29, 0.717) is 24.0 Å². The molecule has 2 aromatic rings. The number of esters is 1. The van der Waals surface area contributed by atoms with Gasteiger partial charge in [0, 0.05) is 6.42 Å². The number of para-hydroxylation sites is 1. The third-order valence-corrected chi connectivity index (χ3v) is 4.23. The lowest BCUT2D eigenvalue weighted by Gasteiger charge is -2.28. The fraction of sp³-hybridized carbons (Fsp3) is 0.250. The van der Waals surface area contributed by atoms with E-state index in [2.05, 4.69) is 0 Å². The van der Waals surface area contributed by atoms with Gasteiger partial charge in [0.25, 0.3) is 0 Å². The molecule has 24 heavy (non-hydrogen) atoms. The van der Waals surface area contributed by atoms with Gasteiger partial charge in [0.15, 0.2) is 5.78 Å². The molecule has 4 heteroatoms. The van der Waals surface area contributed by atoms with E-state index >= 15 is 0 Å². The average Bonchev–Trinajstić information content (AvgIpc) is 2.59. The number of ether oxygens (including phenoxy) is 1. The summed E-state index contributed by atoms with van der Waals surface area (Å²) >= 11 is 0. The molecule has 2 atom stereocenters. The lowest BCUT2D eigenvalue weighted by Crippen LogP contribution is -2.40. The fourth-order valence-electron chi connectivity index (χ4n) is 3.12. The van der Waals surface area contributed by atoms with Crippen LogP contribution in [-0.2, 0) is 9.59 Å². The first-order chi connectivity index (χ1) is 11.6. The number of hydrogen-bond acceptors (Lipinski definition) is 4. The predicted molar refractivity (Wildman–Crippen MR) is 89.0 cm³/mol. The van der Waals surface area contributed by atoms with Crippen molar-refractivity contribution >= 4 is 17.5 Å². The number of carbonyl (C=O) groups is 3. The molecule has 0 bridgehead atoms. The normalized spacial score (nSPS) is 17.8. The summed E-state index contributed by atoms with van der Waals surface area (Å²) < 4.78 is 5.33. The van der Waals surface area contributed by atoms with Gasteiger partial charge in [-0.2, -0.15) is 0 Å². The Labute approximate surface area is 140 Å². The van der Waals surface area contributed by atoms with Crippen molar-refractivity contribution in [2.24, 2.45) is 5.92 Å². The molecule has 3 rings (SSSR count). The van der Waals surface area contributed by atoms with Gasteiger partial charge in [0.1, 0.15) is 17.5 Å². The quantitative estimate of drug-likeness (QED) is 0.480. The molecule has 0 aromatic heterocycles. The van der Waals surface area contributed by atoms with Crippen molar-refractivity contribution in [3.05, 3.63) is 65.7 Å². The minimum absolute atomic E-state index is 0.113. The van der Waals surface area contributed by atoms with E-state index in [4.69, 9.17) is 4.74 Å². The van der Waals surface area contributed by atoms with Crippen LogP contribution >= 0.6 is 0 Å². The largest absolute Gasteiger partial charge is 0.425 e. The van der Waals surface area contributed by atoms with Crippen LogP contribution in [0.5, 0.6) is 5.75 Å². The third kappa shape index (κ3) is 2.87. The van der Waals surface area contributed by atoms with E-state index in [1.54, 1.807) is 48.5 Å². The molecule has 0 N–H and O–H groups in total. The van der Waals surface area contributed by atoms with Crippen molar-refractivity contribution in [3.63, 3.8) is 0 Å². The highest BCUT2D eigenvalue weighted by Crippen LogP contribution is 2.37. The zero-order valence-electron chi connectivity index (χ0n) is 13.4. The van der Waals surface area contributed by atoms with Gasteiger partial charge < -0.3 is 4.74 Å². The van der Waals surface area contributed by atoms with Crippen molar-refractivity contribution in [1.29, 1.82) is 0 Å². The van der Waals surface area contributed by atoms with E-state index in [1.165, 1.54) is 0 Å². The summed E-state index contributed by atoms with van der Waals surface area (Å²) in [4.78, 5) is 38.1. The van der Waals surface area contributed by atoms with Gasteiger partial charge in [-0.1, -0.05) is 49.4 Å². The molecular weight excluding hydrogens is 304 g/mol. The average molecular weight is 322 g/mol. The zero-order valence-corrected chi connectivity index (χ0v) is 13.4. The van der Waals surface area contributed by atoms with Gasteiger partial charge >= 0.3 is 5.97 Å². The van der Waals surface area contributed by atoms with Crippen molar-refractivity contribution in [1.82, 2.24) is 0 Å². The van der Waals surface area contributed by atoms with Crippen molar-refractivity contribution in [2.75, 3.05) is 0 Å². The molecule has 0 radical (unpaired) electrons. The van der Waals surface area contributed by atoms with E-state index < -0.39 is 17.8 Å². The summed E-state index contributed by atoms with van der Waals surface area (Å²) in [6.45, 7) is 1.90. The van der Waals surface area contributed by atoms with Gasteiger partial charge in [-0.3, -0.25) is 14.4 Å². The molecule has 2 unspecified atom stereocenters. The topological polar surface area (TPSA) is 60.4 Å². The zero-order chi connectivity index (χ0) is 17.1. The molecule has 0 spiro atoms.